The third-order valence-electron chi connectivity index (χ3n) is 4.14. The molecule has 0 saturated heterocycles. The van der Waals surface area contributed by atoms with Crippen molar-refractivity contribution in [3.63, 3.8) is 0 Å². The Bertz CT molecular complexity index is 574. The van der Waals surface area contributed by atoms with Gasteiger partial charge in [0.05, 0.1) is 11.0 Å². The van der Waals surface area contributed by atoms with E-state index in [4.69, 9.17) is 0 Å². The molecule has 3 atom stereocenters. The Balaban J connectivity index is 2.19. The average Bonchev–Trinajstić information content (AvgIpc) is 2.49. The number of rotatable bonds is 5. The molecule has 1 aliphatic rings. The smallest absolute Gasteiger partial charge is 0.240 e. The van der Waals surface area contributed by atoms with Crippen LogP contribution in [0.25, 0.3) is 0 Å². The van der Waals surface area contributed by atoms with E-state index in [1.165, 1.54) is 0 Å². The van der Waals surface area contributed by atoms with Gasteiger partial charge in [-0.3, -0.25) is 0 Å². The van der Waals surface area contributed by atoms with E-state index in [1.807, 2.05) is 20.0 Å². The molecule has 1 fully saturated rings. The molecule has 1 aromatic carbocycles. The lowest BCUT2D eigenvalue weighted by Gasteiger charge is -2.28. The highest BCUT2D eigenvalue weighted by molar-refractivity contribution is 7.89. The molecule has 118 valence electrons. The van der Waals surface area contributed by atoms with E-state index in [9.17, 15) is 13.5 Å². The van der Waals surface area contributed by atoms with Gasteiger partial charge in [0.1, 0.15) is 0 Å². The summed E-state index contributed by atoms with van der Waals surface area (Å²) in [5.74, 6) is 0. The van der Waals surface area contributed by atoms with Crippen LogP contribution in [-0.4, -0.2) is 32.7 Å². The largest absolute Gasteiger partial charge is 0.391 e. The molecule has 5 nitrogen and oxygen atoms in total. The first-order valence-electron chi connectivity index (χ1n) is 7.41. The van der Waals surface area contributed by atoms with Gasteiger partial charge in [-0.25, -0.2) is 13.1 Å². The van der Waals surface area contributed by atoms with Crippen LogP contribution in [0.3, 0.4) is 0 Å². The lowest BCUT2D eigenvalue weighted by molar-refractivity contribution is 0.101. The van der Waals surface area contributed by atoms with Gasteiger partial charge in [0.2, 0.25) is 10.0 Å². The van der Waals surface area contributed by atoms with Crippen molar-refractivity contribution in [3.8, 4) is 0 Å². The number of nitrogens with one attached hydrogen (secondary N) is 2. The third kappa shape index (κ3) is 4.03. The molecule has 0 bridgehead atoms. The molecule has 0 aliphatic heterocycles. The fourth-order valence-electron chi connectivity index (χ4n) is 2.63. The summed E-state index contributed by atoms with van der Waals surface area (Å²) in [4.78, 5) is 0.250. The molecule has 3 N–H and O–H groups in total. The minimum absolute atomic E-state index is 0.0837. The second kappa shape index (κ2) is 6.87. The second-order valence-electron chi connectivity index (χ2n) is 5.66. The fourth-order valence-corrected chi connectivity index (χ4v) is 3.99. The number of benzene rings is 1. The summed E-state index contributed by atoms with van der Waals surface area (Å²) in [6, 6.07) is 6.61. The van der Waals surface area contributed by atoms with E-state index in [0.29, 0.717) is 12.8 Å². The summed E-state index contributed by atoms with van der Waals surface area (Å²) in [7, 11) is -1.76. The maximum atomic E-state index is 12.5. The lowest BCUT2D eigenvalue weighted by Crippen LogP contribution is -2.44. The maximum Gasteiger partial charge on any atom is 0.240 e. The number of sulfonamides is 1. The second-order valence-corrected chi connectivity index (χ2v) is 7.38. The van der Waals surface area contributed by atoms with Crippen molar-refractivity contribution in [3.05, 3.63) is 29.8 Å². The van der Waals surface area contributed by atoms with Crippen molar-refractivity contribution in [2.75, 3.05) is 7.05 Å². The van der Waals surface area contributed by atoms with Gasteiger partial charge in [0, 0.05) is 12.1 Å². The number of hydrogen-bond acceptors (Lipinski definition) is 4. The van der Waals surface area contributed by atoms with Gasteiger partial charge in [0.25, 0.3) is 0 Å². The first kappa shape index (κ1) is 16.4. The fraction of sp³-hybridized carbons (Fsp3) is 0.600. The standard InChI is InChI=1S/C15H24N2O3S/c1-11(16-2)12-6-5-7-13(10-12)21(19,20)17-14-8-3-4-9-15(14)18/h5-7,10-11,14-18H,3-4,8-9H2,1-2H3. The van der Waals surface area contributed by atoms with Crippen molar-refractivity contribution in [2.45, 2.75) is 55.7 Å². The van der Waals surface area contributed by atoms with Crippen LogP contribution in [-0.2, 0) is 10.0 Å². The zero-order valence-electron chi connectivity index (χ0n) is 12.5. The lowest BCUT2D eigenvalue weighted by atomic mass is 9.93. The Morgan fingerprint density at radius 1 is 1.29 bits per heavy atom. The summed E-state index contributed by atoms with van der Waals surface area (Å²) in [5.41, 5.74) is 0.921. The molecule has 3 unspecified atom stereocenters. The quantitative estimate of drug-likeness (QED) is 0.771. The number of aliphatic hydroxyl groups excluding tert-OH is 1. The highest BCUT2D eigenvalue weighted by atomic mass is 32.2. The number of aliphatic hydroxyl groups is 1. The molecule has 2 rings (SSSR count). The molecule has 1 aliphatic carbocycles. The van der Waals surface area contributed by atoms with E-state index in [0.717, 1.165) is 18.4 Å². The van der Waals surface area contributed by atoms with Crippen LogP contribution in [0.2, 0.25) is 0 Å². The topological polar surface area (TPSA) is 78.4 Å². The van der Waals surface area contributed by atoms with Crippen LogP contribution in [0.1, 0.15) is 44.2 Å². The molecule has 21 heavy (non-hydrogen) atoms. The Hall–Kier alpha value is -0.950. The Kier molecular flexibility index (Phi) is 5.37. The minimum atomic E-state index is -3.59. The van der Waals surface area contributed by atoms with Crippen molar-refractivity contribution in [1.29, 1.82) is 0 Å². The molecule has 1 saturated carbocycles. The van der Waals surface area contributed by atoms with Crippen LogP contribution in [0.5, 0.6) is 0 Å². The van der Waals surface area contributed by atoms with Crippen LogP contribution >= 0.6 is 0 Å². The Morgan fingerprint density at radius 2 is 2.00 bits per heavy atom. The number of hydrogen-bond donors (Lipinski definition) is 3. The van der Waals surface area contributed by atoms with Gasteiger partial charge in [-0.05, 0) is 44.5 Å². The van der Waals surface area contributed by atoms with Gasteiger partial charge in [-0.1, -0.05) is 25.0 Å². The van der Waals surface area contributed by atoms with Crippen LogP contribution < -0.4 is 10.0 Å². The Labute approximate surface area is 126 Å². The molecule has 0 radical (unpaired) electrons. The zero-order valence-corrected chi connectivity index (χ0v) is 13.4. The predicted molar refractivity (Wildman–Crippen MR) is 82.5 cm³/mol. The van der Waals surface area contributed by atoms with Crippen LogP contribution in [0, 0.1) is 0 Å². The molecule has 0 spiro atoms. The third-order valence-corrected chi connectivity index (χ3v) is 5.62. The predicted octanol–water partition coefficient (Wildman–Crippen LogP) is 1.55. The van der Waals surface area contributed by atoms with Gasteiger partial charge in [0.15, 0.2) is 0 Å². The minimum Gasteiger partial charge on any atom is -0.391 e. The van der Waals surface area contributed by atoms with E-state index in [1.54, 1.807) is 18.2 Å². The summed E-state index contributed by atoms with van der Waals surface area (Å²) < 4.78 is 27.6. The molecule has 0 amide bonds. The van der Waals surface area contributed by atoms with Crippen LogP contribution in [0.15, 0.2) is 29.2 Å². The first-order valence-corrected chi connectivity index (χ1v) is 8.90. The normalized spacial score (nSPS) is 24.7. The first-order chi connectivity index (χ1) is 9.94. The monoisotopic (exact) mass is 312 g/mol. The van der Waals surface area contributed by atoms with Gasteiger partial charge in [-0.15, -0.1) is 0 Å². The maximum absolute atomic E-state index is 12.5. The summed E-state index contributed by atoms with van der Waals surface area (Å²) in [5, 5.41) is 13.0. The average molecular weight is 312 g/mol. The molecule has 0 aromatic heterocycles. The highest BCUT2D eigenvalue weighted by Crippen LogP contribution is 2.22. The summed E-state index contributed by atoms with van der Waals surface area (Å²) in [6.45, 7) is 1.98. The Morgan fingerprint density at radius 3 is 2.67 bits per heavy atom. The van der Waals surface area contributed by atoms with Crippen molar-refractivity contribution < 1.29 is 13.5 Å². The van der Waals surface area contributed by atoms with Crippen LogP contribution in [0.4, 0.5) is 0 Å². The zero-order chi connectivity index (χ0) is 15.5. The molecule has 1 aromatic rings. The van der Waals surface area contributed by atoms with Gasteiger partial charge >= 0.3 is 0 Å². The van der Waals surface area contributed by atoms with Crippen molar-refractivity contribution >= 4 is 10.0 Å². The van der Waals surface area contributed by atoms with E-state index in [2.05, 4.69) is 10.0 Å². The highest BCUT2D eigenvalue weighted by Gasteiger charge is 2.28. The molecule has 6 heteroatoms. The SMILES string of the molecule is CNC(C)c1cccc(S(=O)(=O)NC2CCCCC2O)c1. The summed E-state index contributed by atoms with van der Waals surface area (Å²) in [6.07, 6.45) is 2.65. The van der Waals surface area contributed by atoms with E-state index >= 15 is 0 Å². The molecular formula is C15H24N2O3S. The molecule has 0 heterocycles. The van der Waals surface area contributed by atoms with Crippen molar-refractivity contribution in [2.24, 2.45) is 0 Å². The van der Waals surface area contributed by atoms with Gasteiger partial charge in [-0.2, -0.15) is 0 Å². The summed E-state index contributed by atoms with van der Waals surface area (Å²) >= 11 is 0. The van der Waals surface area contributed by atoms with E-state index < -0.39 is 16.1 Å². The van der Waals surface area contributed by atoms with Crippen molar-refractivity contribution in [1.82, 2.24) is 10.0 Å². The van der Waals surface area contributed by atoms with E-state index in [-0.39, 0.29) is 17.0 Å². The molecular weight excluding hydrogens is 288 g/mol. The van der Waals surface area contributed by atoms with Gasteiger partial charge < -0.3 is 10.4 Å².